The van der Waals surface area contributed by atoms with Gasteiger partial charge in [0, 0.05) is 11.7 Å². The van der Waals surface area contributed by atoms with Crippen LogP contribution >= 0.6 is 0 Å². The van der Waals surface area contributed by atoms with Crippen LogP contribution in [-0.2, 0) is 6.54 Å². The van der Waals surface area contributed by atoms with Gasteiger partial charge in [-0.1, -0.05) is 74.5 Å². The van der Waals surface area contributed by atoms with Gasteiger partial charge in [0.2, 0.25) is 0 Å². The van der Waals surface area contributed by atoms with Crippen LogP contribution in [0.3, 0.4) is 0 Å². The van der Waals surface area contributed by atoms with Crippen LogP contribution in [0.1, 0.15) is 37.8 Å². The summed E-state index contributed by atoms with van der Waals surface area (Å²) < 4.78 is 0. The zero-order valence-corrected chi connectivity index (χ0v) is 16.8. The minimum atomic E-state index is 0.527. The maximum Gasteiger partial charge on any atom is 0.0666 e. The van der Waals surface area contributed by atoms with Gasteiger partial charge in [-0.3, -0.25) is 5.01 Å². The predicted octanol–water partition coefficient (Wildman–Crippen LogP) is 6.33. The minimum absolute atomic E-state index is 0.527. The molecule has 0 saturated carbocycles. The van der Waals surface area contributed by atoms with Gasteiger partial charge < -0.3 is 5.32 Å². The van der Waals surface area contributed by atoms with E-state index in [1.807, 2.05) is 35.5 Å². The molecule has 3 aromatic rings. The number of hydrazone groups is 1. The second kappa shape index (κ2) is 10.3. The van der Waals surface area contributed by atoms with Crippen LogP contribution in [0, 0.1) is 0 Å². The molecule has 0 aromatic heterocycles. The van der Waals surface area contributed by atoms with Crippen molar-refractivity contribution < 1.29 is 0 Å². The molecule has 0 aliphatic heterocycles. The molecule has 0 radical (unpaired) electrons. The van der Waals surface area contributed by atoms with E-state index in [0.29, 0.717) is 6.04 Å². The van der Waals surface area contributed by atoms with Gasteiger partial charge in [0.1, 0.15) is 0 Å². The third-order valence-corrected chi connectivity index (χ3v) is 4.84. The summed E-state index contributed by atoms with van der Waals surface area (Å²) in [5, 5.41) is 10.4. The van der Waals surface area contributed by atoms with E-state index in [4.69, 9.17) is 5.10 Å². The topological polar surface area (TPSA) is 27.6 Å². The molecular weight excluding hydrogens is 342 g/mol. The maximum atomic E-state index is 4.77. The Labute approximate surface area is 168 Å². The maximum absolute atomic E-state index is 4.77. The Balaban J connectivity index is 1.74. The minimum Gasteiger partial charge on any atom is -0.382 e. The Hall–Kier alpha value is -3.07. The SMILES string of the molecule is CCC(CC)Nc1ccc(C=NN(Cc2ccccc2)c2ccccc2)cc1. The van der Waals surface area contributed by atoms with Crippen LogP contribution in [-0.4, -0.2) is 12.3 Å². The number of nitrogens with one attached hydrogen (secondary N) is 1. The molecule has 3 heteroatoms. The van der Waals surface area contributed by atoms with Crippen molar-refractivity contribution in [1.82, 2.24) is 0 Å². The quantitative estimate of drug-likeness (QED) is 0.352. The van der Waals surface area contributed by atoms with E-state index in [1.54, 1.807) is 0 Å². The lowest BCUT2D eigenvalue weighted by Gasteiger charge is -2.19. The summed E-state index contributed by atoms with van der Waals surface area (Å²) >= 11 is 0. The van der Waals surface area contributed by atoms with Crippen molar-refractivity contribution >= 4 is 17.6 Å². The Morgan fingerprint density at radius 2 is 1.43 bits per heavy atom. The Bertz CT molecular complexity index is 838. The first kappa shape index (κ1) is 19.7. The van der Waals surface area contributed by atoms with Crippen molar-refractivity contribution in [1.29, 1.82) is 0 Å². The number of para-hydroxylation sites is 1. The van der Waals surface area contributed by atoms with E-state index < -0.39 is 0 Å². The summed E-state index contributed by atoms with van der Waals surface area (Å²) in [6, 6.07) is 29.7. The summed E-state index contributed by atoms with van der Waals surface area (Å²) in [6.07, 6.45) is 4.19. The molecule has 0 bridgehead atoms. The third-order valence-electron chi connectivity index (χ3n) is 4.84. The summed E-state index contributed by atoms with van der Waals surface area (Å²) in [5.41, 5.74) is 4.56. The van der Waals surface area contributed by atoms with Gasteiger partial charge in [-0.15, -0.1) is 0 Å². The fraction of sp³-hybridized carbons (Fsp3) is 0.240. The lowest BCUT2D eigenvalue weighted by Crippen LogP contribution is -2.17. The van der Waals surface area contributed by atoms with Gasteiger partial charge >= 0.3 is 0 Å². The molecule has 3 nitrogen and oxygen atoms in total. The largest absolute Gasteiger partial charge is 0.382 e. The van der Waals surface area contributed by atoms with E-state index in [-0.39, 0.29) is 0 Å². The predicted molar refractivity (Wildman–Crippen MR) is 121 cm³/mol. The van der Waals surface area contributed by atoms with Crippen molar-refractivity contribution in [3.8, 4) is 0 Å². The molecule has 0 fully saturated rings. The van der Waals surface area contributed by atoms with Gasteiger partial charge in [0.05, 0.1) is 18.4 Å². The number of hydrogen-bond donors (Lipinski definition) is 1. The highest BCUT2D eigenvalue weighted by atomic mass is 15.4. The third kappa shape index (κ3) is 5.71. The van der Waals surface area contributed by atoms with E-state index in [9.17, 15) is 0 Å². The molecule has 144 valence electrons. The molecule has 0 saturated heterocycles. The zero-order valence-electron chi connectivity index (χ0n) is 16.8. The molecule has 1 N–H and O–H groups in total. The molecular formula is C25H29N3. The van der Waals surface area contributed by atoms with Crippen molar-refractivity contribution in [2.45, 2.75) is 39.3 Å². The highest BCUT2D eigenvalue weighted by Gasteiger charge is 2.06. The van der Waals surface area contributed by atoms with Crippen molar-refractivity contribution in [3.05, 3.63) is 96.1 Å². The number of nitrogens with zero attached hydrogens (tertiary/aromatic N) is 2. The molecule has 3 rings (SSSR count). The van der Waals surface area contributed by atoms with Crippen molar-refractivity contribution in [2.75, 3.05) is 10.3 Å². The van der Waals surface area contributed by atoms with Crippen LogP contribution in [0.15, 0.2) is 90.0 Å². The van der Waals surface area contributed by atoms with Crippen LogP contribution in [0.4, 0.5) is 11.4 Å². The molecule has 0 spiro atoms. The molecule has 0 aliphatic rings. The molecule has 28 heavy (non-hydrogen) atoms. The first-order valence-electron chi connectivity index (χ1n) is 10.1. The highest BCUT2D eigenvalue weighted by molar-refractivity contribution is 5.81. The summed E-state index contributed by atoms with van der Waals surface area (Å²) in [6.45, 7) is 5.16. The Kier molecular flexibility index (Phi) is 7.25. The zero-order chi connectivity index (χ0) is 19.6. The second-order valence-corrected chi connectivity index (χ2v) is 6.90. The van der Waals surface area contributed by atoms with Gasteiger partial charge in [0.15, 0.2) is 0 Å². The fourth-order valence-corrected chi connectivity index (χ4v) is 3.09. The molecule has 0 amide bonds. The summed E-state index contributed by atoms with van der Waals surface area (Å²) in [5.74, 6) is 0. The van der Waals surface area contributed by atoms with Gasteiger partial charge in [-0.2, -0.15) is 5.10 Å². The monoisotopic (exact) mass is 371 g/mol. The Morgan fingerprint density at radius 1 is 0.821 bits per heavy atom. The van der Waals surface area contributed by atoms with Crippen molar-refractivity contribution in [2.24, 2.45) is 5.10 Å². The van der Waals surface area contributed by atoms with Crippen LogP contribution < -0.4 is 10.3 Å². The number of rotatable bonds is 9. The average Bonchev–Trinajstić information content (AvgIpc) is 2.77. The highest BCUT2D eigenvalue weighted by Crippen LogP contribution is 2.18. The fourth-order valence-electron chi connectivity index (χ4n) is 3.09. The molecule has 3 aromatic carbocycles. The average molecular weight is 372 g/mol. The number of anilines is 2. The first-order valence-corrected chi connectivity index (χ1v) is 10.1. The van der Waals surface area contributed by atoms with Gasteiger partial charge in [0.25, 0.3) is 0 Å². The van der Waals surface area contributed by atoms with Crippen LogP contribution in [0.2, 0.25) is 0 Å². The smallest absolute Gasteiger partial charge is 0.0666 e. The molecule has 0 aliphatic carbocycles. The van der Waals surface area contributed by atoms with Gasteiger partial charge in [-0.05, 0) is 48.2 Å². The molecule has 0 heterocycles. The second-order valence-electron chi connectivity index (χ2n) is 6.90. The lowest BCUT2D eigenvalue weighted by molar-refractivity contribution is 0.672. The standard InChI is InChI=1S/C25H29N3/c1-3-23(4-2)27-24-17-15-21(16-18-24)19-26-28(25-13-9-6-10-14-25)20-22-11-7-5-8-12-22/h5-19,23,27H,3-4,20H2,1-2H3. The Morgan fingerprint density at radius 3 is 2.04 bits per heavy atom. The molecule has 0 atom stereocenters. The van der Waals surface area contributed by atoms with E-state index in [1.165, 1.54) is 5.56 Å². The number of hydrogen-bond acceptors (Lipinski definition) is 3. The summed E-state index contributed by atoms with van der Waals surface area (Å²) in [4.78, 5) is 0. The van der Waals surface area contributed by atoms with Gasteiger partial charge in [-0.25, -0.2) is 0 Å². The van der Waals surface area contributed by atoms with E-state index in [2.05, 4.69) is 79.8 Å². The number of benzene rings is 3. The van der Waals surface area contributed by atoms with E-state index >= 15 is 0 Å². The van der Waals surface area contributed by atoms with Crippen LogP contribution in [0.25, 0.3) is 0 Å². The molecule has 0 unspecified atom stereocenters. The summed E-state index contributed by atoms with van der Waals surface area (Å²) in [7, 11) is 0. The first-order chi connectivity index (χ1) is 13.8. The van der Waals surface area contributed by atoms with Crippen molar-refractivity contribution in [3.63, 3.8) is 0 Å². The van der Waals surface area contributed by atoms with Crippen LogP contribution in [0.5, 0.6) is 0 Å². The lowest BCUT2D eigenvalue weighted by atomic mass is 10.1. The van der Waals surface area contributed by atoms with E-state index in [0.717, 1.165) is 36.3 Å². The normalized spacial score (nSPS) is 11.1.